The van der Waals surface area contributed by atoms with Crippen LogP contribution in [-0.2, 0) is 23.1 Å². The van der Waals surface area contributed by atoms with E-state index in [9.17, 15) is 0 Å². The predicted octanol–water partition coefficient (Wildman–Crippen LogP) is 3.69. The number of aromatic nitrogens is 1. The first-order valence-electron chi connectivity index (χ1n) is 5.29. The van der Waals surface area contributed by atoms with Gasteiger partial charge in [-0.05, 0) is 6.92 Å². The quantitative estimate of drug-likeness (QED) is 0.616. The molecule has 0 bridgehead atoms. The topological polar surface area (TPSA) is 40.6 Å². The third-order valence-corrected chi connectivity index (χ3v) is 5.27. The molecule has 1 saturated heterocycles. The highest BCUT2D eigenvalue weighted by molar-refractivity contribution is 14.1. The standard InChI is InChI=1S/C10H13I2NO3S/c1-7-8(6-15-11)13-9(17-7)10(16-12)2-4-14-5-3-10/h2-6H2,1H3. The van der Waals surface area contributed by atoms with E-state index < -0.39 is 0 Å². The van der Waals surface area contributed by atoms with Crippen LogP contribution in [-0.4, -0.2) is 18.2 Å². The van der Waals surface area contributed by atoms with Crippen LogP contribution < -0.4 is 0 Å². The Morgan fingerprint density at radius 1 is 1.41 bits per heavy atom. The highest BCUT2D eigenvalue weighted by Gasteiger charge is 2.38. The van der Waals surface area contributed by atoms with Crippen molar-refractivity contribution >= 4 is 57.3 Å². The maximum absolute atomic E-state index is 5.71. The molecule has 0 saturated carbocycles. The number of ether oxygens (including phenoxy) is 1. The van der Waals surface area contributed by atoms with Crippen LogP contribution in [0.25, 0.3) is 0 Å². The normalized spacial score (nSPS) is 19.5. The monoisotopic (exact) mass is 481 g/mol. The van der Waals surface area contributed by atoms with Gasteiger partial charge < -0.3 is 10.9 Å². The summed E-state index contributed by atoms with van der Waals surface area (Å²) in [6, 6.07) is 0. The van der Waals surface area contributed by atoms with Crippen molar-refractivity contribution in [2.45, 2.75) is 32.0 Å². The van der Waals surface area contributed by atoms with Gasteiger partial charge in [-0.2, -0.15) is 0 Å². The van der Waals surface area contributed by atoms with Gasteiger partial charge in [0.2, 0.25) is 0 Å². The van der Waals surface area contributed by atoms with Gasteiger partial charge in [0.1, 0.15) is 63.2 Å². The van der Waals surface area contributed by atoms with Gasteiger partial charge >= 0.3 is 0 Å². The van der Waals surface area contributed by atoms with E-state index in [1.807, 2.05) is 46.0 Å². The fraction of sp³-hybridized carbons (Fsp3) is 0.700. The molecule has 0 amide bonds. The molecule has 0 spiro atoms. The van der Waals surface area contributed by atoms with Crippen molar-refractivity contribution < 1.29 is 10.9 Å². The van der Waals surface area contributed by atoms with Gasteiger partial charge in [-0.1, -0.05) is 0 Å². The zero-order valence-electron chi connectivity index (χ0n) is 9.37. The highest BCUT2D eigenvalue weighted by atomic mass is 127. The van der Waals surface area contributed by atoms with Crippen molar-refractivity contribution in [2.24, 2.45) is 0 Å². The minimum absolute atomic E-state index is 0.266. The Labute approximate surface area is 133 Å². The van der Waals surface area contributed by atoms with Crippen molar-refractivity contribution in [2.75, 3.05) is 13.2 Å². The summed E-state index contributed by atoms with van der Waals surface area (Å²) < 4.78 is 16.2. The lowest BCUT2D eigenvalue weighted by atomic mass is 9.95. The lowest BCUT2D eigenvalue weighted by molar-refractivity contribution is -0.0264. The molecule has 1 fully saturated rings. The first-order valence-corrected chi connectivity index (χ1v) is 7.87. The number of halogens is 2. The highest BCUT2D eigenvalue weighted by Crippen LogP contribution is 2.40. The second-order valence-electron chi connectivity index (χ2n) is 3.96. The molecule has 1 aromatic heterocycles. The van der Waals surface area contributed by atoms with E-state index in [1.54, 1.807) is 11.3 Å². The predicted molar refractivity (Wildman–Crippen MR) is 82.5 cm³/mol. The molecule has 0 aromatic carbocycles. The largest absolute Gasteiger partial charge is 0.381 e. The van der Waals surface area contributed by atoms with Crippen molar-refractivity contribution in [3.05, 3.63) is 15.6 Å². The summed E-state index contributed by atoms with van der Waals surface area (Å²) in [7, 11) is 0. The Morgan fingerprint density at radius 3 is 2.71 bits per heavy atom. The summed E-state index contributed by atoms with van der Waals surface area (Å²) in [5, 5.41) is 1.05. The second kappa shape index (κ2) is 6.42. The van der Waals surface area contributed by atoms with Crippen LogP contribution >= 0.6 is 57.3 Å². The molecule has 7 heteroatoms. The fourth-order valence-corrected chi connectivity index (χ4v) is 4.03. The zero-order chi connectivity index (χ0) is 12.3. The molecule has 2 rings (SSSR count). The molecule has 0 unspecified atom stereocenters. The van der Waals surface area contributed by atoms with Crippen LogP contribution in [0.4, 0.5) is 0 Å². The summed E-state index contributed by atoms with van der Waals surface area (Å²) in [4.78, 5) is 5.87. The molecule has 0 N–H and O–H groups in total. The molecule has 2 heterocycles. The first-order chi connectivity index (χ1) is 8.22. The summed E-state index contributed by atoms with van der Waals surface area (Å²) in [5.41, 5.74) is 0.747. The van der Waals surface area contributed by atoms with Gasteiger partial charge in [-0.15, -0.1) is 11.3 Å². The fourth-order valence-electron chi connectivity index (χ4n) is 1.83. The Morgan fingerprint density at radius 2 is 2.12 bits per heavy atom. The van der Waals surface area contributed by atoms with E-state index in [2.05, 4.69) is 11.9 Å². The Balaban J connectivity index is 2.27. The van der Waals surface area contributed by atoms with Crippen molar-refractivity contribution in [1.29, 1.82) is 0 Å². The number of thiazole rings is 1. The van der Waals surface area contributed by atoms with Gasteiger partial charge in [0, 0.05) is 30.9 Å². The van der Waals surface area contributed by atoms with E-state index in [1.165, 1.54) is 4.88 Å². The minimum Gasteiger partial charge on any atom is -0.381 e. The van der Waals surface area contributed by atoms with E-state index in [-0.39, 0.29) is 5.60 Å². The SMILES string of the molecule is Cc1sc(C2(OI)CCOCC2)nc1COI. The molecule has 4 nitrogen and oxygen atoms in total. The first kappa shape index (κ1) is 14.4. The molecule has 0 radical (unpaired) electrons. The minimum atomic E-state index is -0.266. The number of hydrogen-bond donors (Lipinski definition) is 0. The molecular weight excluding hydrogens is 468 g/mol. The zero-order valence-corrected chi connectivity index (χ0v) is 14.5. The van der Waals surface area contributed by atoms with E-state index in [0.717, 1.165) is 36.8 Å². The van der Waals surface area contributed by atoms with Crippen molar-refractivity contribution in [3.8, 4) is 0 Å². The summed E-state index contributed by atoms with van der Waals surface area (Å²) in [6.45, 7) is 4.10. The van der Waals surface area contributed by atoms with Crippen LogP contribution in [0.5, 0.6) is 0 Å². The number of hydrogen-bond acceptors (Lipinski definition) is 5. The molecular formula is C10H13I2NO3S. The Bertz CT molecular complexity index is 380. The smallest absolute Gasteiger partial charge is 0.136 e. The van der Waals surface area contributed by atoms with Gasteiger partial charge in [0.25, 0.3) is 0 Å². The third-order valence-electron chi connectivity index (χ3n) is 2.92. The molecule has 96 valence electrons. The third kappa shape index (κ3) is 3.11. The van der Waals surface area contributed by atoms with Crippen molar-refractivity contribution in [3.63, 3.8) is 0 Å². The molecule has 1 aliphatic heterocycles. The molecule has 0 atom stereocenters. The van der Waals surface area contributed by atoms with E-state index >= 15 is 0 Å². The van der Waals surface area contributed by atoms with E-state index in [0.29, 0.717) is 6.61 Å². The van der Waals surface area contributed by atoms with Gasteiger partial charge in [0.15, 0.2) is 0 Å². The lowest BCUT2D eigenvalue weighted by Gasteiger charge is -2.32. The van der Waals surface area contributed by atoms with Gasteiger partial charge in [0.05, 0.1) is 5.69 Å². The molecule has 1 aromatic rings. The van der Waals surface area contributed by atoms with Crippen LogP contribution in [0.2, 0.25) is 0 Å². The van der Waals surface area contributed by atoms with Crippen LogP contribution in [0, 0.1) is 6.92 Å². The molecule has 1 aliphatic rings. The van der Waals surface area contributed by atoms with Crippen molar-refractivity contribution in [1.82, 2.24) is 4.98 Å². The number of aryl methyl sites for hydroxylation is 1. The number of rotatable bonds is 4. The Hall–Kier alpha value is 0.970. The molecule has 17 heavy (non-hydrogen) atoms. The average Bonchev–Trinajstić information content (AvgIpc) is 2.73. The number of nitrogens with zero attached hydrogens (tertiary/aromatic N) is 1. The summed E-state index contributed by atoms with van der Waals surface area (Å²) in [5.74, 6) is 0. The molecule has 0 aliphatic carbocycles. The van der Waals surface area contributed by atoms with Gasteiger partial charge in [-0.25, -0.2) is 4.98 Å². The Kier molecular flexibility index (Phi) is 5.43. The summed E-state index contributed by atoms with van der Waals surface area (Å²) in [6.07, 6.45) is 1.74. The van der Waals surface area contributed by atoms with Crippen LogP contribution in [0.3, 0.4) is 0 Å². The average molecular weight is 481 g/mol. The summed E-state index contributed by atoms with van der Waals surface area (Å²) >= 11 is 5.58. The lowest BCUT2D eigenvalue weighted by Crippen LogP contribution is -2.34. The van der Waals surface area contributed by atoms with Gasteiger partial charge in [-0.3, -0.25) is 0 Å². The van der Waals surface area contributed by atoms with Crippen LogP contribution in [0.15, 0.2) is 0 Å². The van der Waals surface area contributed by atoms with E-state index in [4.69, 9.17) is 10.9 Å². The maximum atomic E-state index is 5.71. The maximum Gasteiger partial charge on any atom is 0.136 e. The van der Waals surface area contributed by atoms with Crippen LogP contribution in [0.1, 0.15) is 28.4 Å². The second-order valence-corrected chi connectivity index (χ2v) is 6.23.